The quantitative estimate of drug-likeness (QED) is 0.906. The molecule has 0 saturated heterocycles. The van der Waals surface area contributed by atoms with Crippen molar-refractivity contribution in [3.05, 3.63) is 60.2 Å². The Morgan fingerprint density at radius 1 is 0.913 bits per heavy atom. The minimum atomic E-state index is -0.00272. The largest absolute Gasteiger partial charge is 0.396 e. The van der Waals surface area contributed by atoms with Gasteiger partial charge < -0.3 is 10.4 Å². The van der Waals surface area contributed by atoms with Crippen molar-refractivity contribution in [2.24, 2.45) is 5.92 Å². The van der Waals surface area contributed by atoms with Gasteiger partial charge in [-0.05, 0) is 54.9 Å². The molecule has 2 N–H and O–H groups in total. The van der Waals surface area contributed by atoms with Gasteiger partial charge in [-0.1, -0.05) is 42.5 Å². The molecule has 3 heteroatoms. The van der Waals surface area contributed by atoms with Gasteiger partial charge in [0.15, 0.2) is 0 Å². The van der Waals surface area contributed by atoms with Crippen LogP contribution in [-0.2, 0) is 0 Å². The van der Waals surface area contributed by atoms with E-state index in [0.717, 1.165) is 36.8 Å². The fourth-order valence-electron chi connectivity index (χ4n) is 3.20. The van der Waals surface area contributed by atoms with Crippen LogP contribution in [0.3, 0.4) is 0 Å². The molecular weight excluding hydrogens is 286 g/mol. The van der Waals surface area contributed by atoms with Crippen LogP contribution in [0.25, 0.3) is 11.1 Å². The van der Waals surface area contributed by atoms with E-state index in [-0.39, 0.29) is 18.6 Å². The zero-order chi connectivity index (χ0) is 16.1. The molecule has 1 fully saturated rings. The first-order valence-corrected chi connectivity index (χ1v) is 8.33. The van der Waals surface area contributed by atoms with Crippen LogP contribution in [0.4, 0.5) is 0 Å². The van der Waals surface area contributed by atoms with Crippen LogP contribution < -0.4 is 5.32 Å². The van der Waals surface area contributed by atoms with Crippen molar-refractivity contribution in [3.8, 4) is 11.1 Å². The van der Waals surface area contributed by atoms with E-state index in [1.54, 1.807) is 0 Å². The van der Waals surface area contributed by atoms with E-state index in [2.05, 4.69) is 17.4 Å². The summed E-state index contributed by atoms with van der Waals surface area (Å²) in [4.78, 5) is 12.4. The Hall–Kier alpha value is -2.13. The third kappa shape index (κ3) is 3.99. The van der Waals surface area contributed by atoms with Gasteiger partial charge in [0.2, 0.25) is 0 Å². The average Bonchev–Trinajstić information content (AvgIpc) is 2.63. The summed E-state index contributed by atoms with van der Waals surface area (Å²) < 4.78 is 0. The monoisotopic (exact) mass is 309 g/mol. The molecule has 0 radical (unpaired) electrons. The summed E-state index contributed by atoms with van der Waals surface area (Å²) in [6.07, 6.45) is 3.90. The molecule has 0 heterocycles. The van der Waals surface area contributed by atoms with Gasteiger partial charge in [-0.25, -0.2) is 0 Å². The van der Waals surface area contributed by atoms with Crippen molar-refractivity contribution < 1.29 is 9.90 Å². The van der Waals surface area contributed by atoms with Crippen molar-refractivity contribution in [3.63, 3.8) is 0 Å². The van der Waals surface area contributed by atoms with E-state index in [4.69, 9.17) is 5.11 Å². The molecule has 0 bridgehead atoms. The van der Waals surface area contributed by atoms with Gasteiger partial charge in [0.05, 0.1) is 0 Å². The van der Waals surface area contributed by atoms with E-state index in [1.807, 2.05) is 42.5 Å². The van der Waals surface area contributed by atoms with Gasteiger partial charge in [-0.3, -0.25) is 4.79 Å². The number of rotatable bonds is 4. The first kappa shape index (κ1) is 15.8. The minimum absolute atomic E-state index is 0.00272. The molecule has 0 unspecified atom stereocenters. The molecule has 3 rings (SSSR count). The summed E-state index contributed by atoms with van der Waals surface area (Å²) in [6, 6.07) is 18.1. The summed E-state index contributed by atoms with van der Waals surface area (Å²) in [5, 5.41) is 12.3. The lowest BCUT2D eigenvalue weighted by Gasteiger charge is -2.28. The Morgan fingerprint density at radius 2 is 1.52 bits per heavy atom. The lowest BCUT2D eigenvalue weighted by atomic mass is 9.86. The Kier molecular flexibility index (Phi) is 5.09. The number of carbonyl (C=O) groups is 1. The molecule has 2 aromatic rings. The van der Waals surface area contributed by atoms with Gasteiger partial charge >= 0.3 is 0 Å². The normalized spacial score (nSPS) is 20.9. The summed E-state index contributed by atoms with van der Waals surface area (Å²) in [5.41, 5.74) is 2.97. The lowest BCUT2D eigenvalue weighted by molar-refractivity contribution is 0.0914. The summed E-state index contributed by atoms with van der Waals surface area (Å²) >= 11 is 0. The van der Waals surface area contributed by atoms with E-state index >= 15 is 0 Å². The standard InChI is InChI=1S/C20H23NO2/c22-14-15-6-12-19(13-7-15)21-20(23)18-10-8-17(9-11-18)16-4-2-1-3-5-16/h1-5,8-11,15,19,22H,6-7,12-14H2,(H,21,23). The van der Waals surface area contributed by atoms with Crippen LogP contribution in [0.5, 0.6) is 0 Å². The van der Waals surface area contributed by atoms with E-state index in [9.17, 15) is 4.79 Å². The van der Waals surface area contributed by atoms with Gasteiger partial charge in [-0.15, -0.1) is 0 Å². The maximum Gasteiger partial charge on any atom is 0.251 e. The highest BCUT2D eigenvalue weighted by Gasteiger charge is 2.22. The second-order valence-electron chi connectivity index (χ2n) is 6.32. The third-order valence-corrected chi connectivity index (χ3v) is 4.69. The van der Waals surface area contributed by atoms with Crippen molar-refractivity contribution >= 4 is 5.91 Å². The first-order valence-electron chi connectivity index (χ1n) is 8.33. The van der Waals surface area contributed by atoms with E-state index < -0.39 is 0 Å². The highest BCUT2D eigenvalue weighted by molar-refractivity contribution is 5.94. The SMILES string of the molecule is O=C(NC1CCC(CO)CC1)c1ccc(-c2ccccc2)cc1. The van der Waals surface area contributed by atoms with Gasteiger partial charge in [-0.2, -0.15) is 0 Å². The Labute approximate surface area is 137 Å². The summed E-state index contributed by atoms with van der Waals surface area (Å²) in [5.74, 6) is 0.408. The molecule has 0 spiro atoms. The zero-order valence-corrected chi connectivity index (χ0v) is 13.2. The fraction of sp³-hybridized carbons (Fsp3) is 0.350. The van der Waals surface area contributed by atoms with E-state index in [0.29, 0.717) is 11.5 Å². The van der Waals surface area contributed by atoms with Crippen molar-refractivity contribution in [1.29, 1.82) is 0 Å². The van der Waals surface area contributed by atoms with Crippen LogP contribution in [-0.4, -0.2) is 23.7 Å². The molecule has 120 valence electrons. The molecule has 0 aromatic heterocycles. The van der Waals surface area contributed by atoms with Crippen LogP contribution in [0.2, 0.25) is 0 Å². The second kappa shape index (κ2) is 7.42. The zero-order valence-electron chi connectivity index (χ0n) is 13.2. The Bertz CT molecular complexity index is 628. The summed E-state index contributed by atoms with van der Waals surface area (Å²) in [6.45, 7) is 0.265. The number of aliphatic hydroxyl groups is 1. The highest BCUT2D eigenvalue weighted by atomic mass is 16.3. The average molecular weight is 309 g/mol. The van der Waals surface area contributed by atoms with Crippen LogP contribution in [0.1, 0.15) is 36.0 Å². The van der Waals surface area contributed by atoms with Gasteiger partial charge in [0.1, 0.15) is 0 Å². The molecule has 0 atom stereocenters. The molecule has 1 saturated carbocycles. The predicted octanol–water partition coefficient (Wildman–Crippen LogP) is 3.63. The molecule has 2 aromatic carbocycles. The molecule has 1 aliphatic carbocycles. The van der Waals surface area contributed by atoms with Crippen LogP contribution in [0, 0.1) is 5.92 Å². The molecule has 3 nitrogen and oxygen atoms in total. The lowest BCUT2D eigenvalue weighted by Crippen LogP contribution is -2.38. The molecule has 23 heavy (non-hydrogen) atoms. The molecule has 0 aliphatic heterocycles. The third-order valence-electron chi connectivity index (χ3n) is 4.69. The predicted molar refractivity (Wildman–Crippen MR) is 92.2 cm³/mol. The Morgan fingerprint density at radius 3 is 2.13 bits per heavy atom. The number of aliphatic hydroxyl groups excluding tert-OH is 1. The number of hydrogen-bond acceptors (Lipinski definition) is 2. The smallest absolute Gasteiger partial charge is 0.251 e. The van der Waals surface area contributed by atoms with Crippen molar-refractivity contribution in [1.82, 2.24) is 5.32 Å². The van der Waals surface area contributed by atoms with Crippen molar-refractivity contribution in [2.75, 3.05) is 6.61 Å². The topological polar surface area (TPSA) is 49.3 Å². The molecule has 1 amide bonds. The fourth-order valence-corrected chi connectivity index (χ4v) is 3.20. The van der Waals surface area contributed by atoms with Crippen molar-refractivity contribution in [2.45, 2.75) is 31.7 Å². The number of benzene rings is 2. The molecular formula is C20H23NO2. The minimum Gasteiger partial charge on any atom is -0.396 e. The number of nitrogens with one attached hydrogen (secondary N) is 1. The number of hydrogen-bond donors (Lipinski definition) is 2. The van der Waals surface area contributed by atoms with Gasteiger partial charge in [0, 0.05) is 18.2 Å². The first-order chi connectivity index (χ1) is 11.3. The maximum absolute atomic E-state index is 12.4. The highest BCUT2D eigenvalue weighted by Crippen LogP contribution is 2.24. The maximum atomic E-state index is 12.4. The second-order valence-corrected chi connectivity index (χ2v) is 6.32. The number of amides is 1. The Balaban J connectivity index is 1.60. The van der Waals surface area contributed by atoms with Gasteiger partial charge in [0.25, 0.3) is 5.91 Å². The summed E-state index contributed by atoms with van der Waals surface area (Å²) in [7, 11) is 0. The van der Waals surface area contributed by atoms with E-state index in [1.165, 1.54) is 0 Å². The van der Waals surface area contributed by atoms with Crippen LogP contribution >= 0.6 is 0 Å². The van der Waals surface area contributed by atoms with Crippen LogP contribution in [0.15, 0.2) is 54.6 Å². The molecule has 1 aliphatic rings. The number of carbonyl (C=O) groups excluding carboxylic acids is 1.